The molecule has 13 heteroatoms. The SMILES string of the molecule is Cc1csc(=NC(=O)N=CC(C)c2ccc(-c3ncn(-c4ccc(OC(F)(F)F)cc4)n3)cc2)n1-c1ccc(F)cc1C(C)C. The first-order valence-electron chi connectivity index (χ1n) is 13.9. The zero-order valence-corrected chi connectivity index (χ0v) is 25.5. The molecule has 0 saturated carbocycles. The van der Waals surface area contributed by atoms with Crippen LogP contribution in [0.4, 0.5) is 22.4 Å². The summed E-state index contributed by atoms with van der Waals surface area (Å²) in [5, 5.41) is 6.30. The molecule has 0 spiro atoms. The Kier molecular flexibility index (Phi) is 9.09. The van der Waals surface area contributed by atoms with Crippen molar-refractivity contribution in [3.8, 4) is 28.5 Å². The summed E-state index contributed by atoms with van der Waals surface area (Å²) in [6.07, 6.45) is -1.77. The maximum Gasteiger partial charge on any atom is 0.573 e. The van der Waals surface area contributed by atoms with Crippen LogP contribution in [0.3, 0.4) is 0 Å². The van der Waals surface area contributed by atoms with E-state index in [-0.39, 0.29) is 23.4 Å². The molecule has 2 amide bonds. The van der Waals surface area contributed by atoms with Crippen molar-refractivity contribution in [1.82, 2.24) is 19.3 Å². The number of hydrogen-bond donors (Lipinski definition) is 0. The standard InChI is InChI=1S/C32H28F4N6O2S/c1-19(2)27-15-24(33)9-14-28(27)42-21(4)17-45-31(42)39-30(43)37-16-20(3)22-5-7-23(8-6-22)29-38-18-41(40-29)25-10-12-26(13-11-25)44-32(34,35)36/h5-20H,1-4H3. The molecule has 1 unspecified atom stereocenters. The number of halogens is 4. The first-order chi connectivity index (χ1) is 21.4. The van der Waals surface area contributed by atoms with E-state index in [1.54, 1.807) is 6.07 Å². The van der Waals surface area contributed by atoms with Gasteiger partial charge in [0.25, 0.3) is 0 Å². The number of alkyl halides is 3. The highest BCUT2D eigenvalue weighted by Gasteiger charge is 2.31. The highest BCUT2D eigenvalue weighted by atomic mass is 32.1. The van der Waals surface area contributed by atoms with Crippen LogP contribution in [0.1, 0.15) is 49.4 Å². The van der Waals surface area contributed by atoms with Gasteiger partial charge in [-0.25, -0.2) is 23.8 Å². The third kappa shape index (κ3) is 7.60. The van der Waals surface area contributed by atoms with Crippen LogP contribution in [-0.2, 0) is 0 Å². The molecule has 0 fully saturated rings. The van der Waals surface area contributed by atoms with Gasteiger partial charge in [0.2, 0.25) is 0 Å². The van der Waals surface area contributed by atoms with E-state index < -0.39 is 12.4 Å². The number of carbonyl (C=O) groups excluding carboxylic acids is 1. The number of aliphatic imine (C=N–C) groups is 1. The predicted molar refractivity (Wildman–Crippen MR) is 164 cm³/mol. The van der Waals surface area contributed by atoms with E-state index in [4.69, 9.17) is 0 Å². The lowest BCUT2D eigenvalue weighted by Crippen LogP contribution is -2.18. The third-order valence-electron chi connectivity index (χ3n) is 6.85. The molecule has 3 aromatic carbocycles. The number of aromatic nitrogens is 4. The van der Waals surface area contributed by atoms with Crippen molar-refractivity contribution < 1.29 is 27.1 Å². The van der Waals surface area contributed by atoms with Gasteiger partial charge in [-0.1, -0.05) is 45.0 Å². The van der Waals surface area contributed by atoms with Crippen LogP contribution in [0.15, 0.2) is 88.4 Å². The molecule has 5 rings (SSSR count). The Bertz CT molecular complexity index is 1910. The number of hydrogen-bond acceptors (Lipinski definition) is 5. The minimum absolute atomic E-state index is 0.0605. The highest BCUT2D eigenvalue weighted by Crippen LogP contribution is 2.26. The van der Waals surface area contributed by atoms with Gasteiger partial charge in [-0.2, -0.15) is 4.99 Å². The molecule has 0 N–H and O–H groups in total. The quantitative estimate of drug-likeness (QED) is 0.133. The summed E-state index contributed by atoms with van der Waals surface area (Å²) in [6.45, 7) is 7.75. The highest BCUT2D eigenvalue weighted by molar-refractivity contribution is 7.07. The van der Waals surface area contributed by atoms with Gasteiger partial charge in [0.05, 0.1) is 11.4 Å². The number of nitrogens with zero attached hydrogens (tertiary/aromatic N) is 6. The van der Waals surface area contributed by atoms with Gasteiger partial charge in [-0.3, -0.25) is 4.57 Å². The Morgan fingerprint density at radius 1 is 1.02 bits per heavy atom. The average molecular weight is 637 g/mol. The fourth-order valence-corrected chi connectivity index (χ4v) is 5.44. The summed E-state index contributed by atoms with van der Waals surface area (Å²) in [7, 11) is 0. The molecule has 2 aromatic heterocycles. The van der Waals surface area contributed by atoms with E-state index >= 15 is 0 Å². The van der Waals surface area contributed by atoms with E-state index in [1.807, 2.05) is 61.9 Å². The van der Waals surface area contributed by atoms with Crippen LogP contribution in [0.5, 0.6) is 5.75 Å². The second-order valence-corrected chi connectivity index (χ2v) is 11.3. The molecule has 0 saturated heterocycles. The molecule has 5 aromatic rings. The Morgan fingerprint density at radius 3 is 2.40 bits per heavy atom. The summed E-state index contributed by atoms with van der Waals surface area (Å²) in [6, 6.07) is 16.6. The Balaban J connectivity index is 1.28. The van der Waals surface area contributed by atoms with Crippen LogP contribution in [-0.4, -0.2) is 37.9 Å². The van der Waals surface area contributed by atoms with Gasteiger partial charge >= 0.3 is 12.4 Å². The number of urea groups is 1. The number of carbonyl (C=O) groups is 1. The molecule has 8 nitrogen and oxygen atoms in total. The normalized spacial score (nSPS) is 13.1. The van der Waals surface area contributed by atoms with Crippen molar-refractivity contribution in [1.29, 1.82) is 0 Å². The fourth-order valence-electron chi connectivity index (χ4n) is 4.58. The molecule has 232 valence electrons. The van der Waals surface area contributed by atoms with Crippen molar-refractivity contribution in [2.45, 2.75) is 45.9 Å². The van der Waals surface area contributed by atoms with Crippen molar-refractivity contribution in [3.63, 3.8) is 0 Å². The first-order valence-corrected chi connectivity index (χ1v) is 14.7. The molecular formula is C32H28F4N6O2S. The Morgan fingerprint density at radius 2 is 1.73 bits per heavy atom. The molecule has 0 aliphatic carbocycles. The smallest absolute Gasteiger partial charge is 0.406 e. The lowest BCUT2D eigenvalue weighted by atomic mass is 10.0. The van der Waals surface area contributed by atoms with Crippen LogP contribution in [0, 0.1) is 12.7 Å². The zero-order valence-electron chi connectivity index (χ0n) is 24.7. The predicted octanol–water partition coefficient (Wildman–Crippen LogP) is 8.15. The summed E-state index contributed by atoms with van der Waals surface area (Å²) < 4.78 is 58.4. The fraction of sp³-hybridized carbons (Fsp3) is 0.219. The number of amides is 2. The summed E-state index contributed by atoms with van der Waals surface area (Å²) >= 11 is 1.30. The summed E-state index contributed by atoms with van der Waals surface area (Å²) in [5.74, 6) is -0.372. The number of rotatable bonds is 7. The van der Waals surface area contributed by atoms with E-state index in [0.717, 1.165) is 28.1 Å². The topological polar surface area (TPSA) is 86.7 Å². The van der Waals surface area contributed by atoms with Gasteiger partial charge in [0.15, 0.2) is 10.6 Å². The summed E-state index contributed by atoms with van der Waals surface area (Å²) in [5.41, 5.74) is 4.57. The Hall–Kier alpha value is -4.91. The van der Waals surface area contributed by atoms with Crippen molar-refractivity contribution >= 4 is 23.6 Å². The van der Waals surface area contributed by atoms with Crippen molar-refractivity contribution in [3.05, 3.63) is 106 Å². The second-order valence-electron chi connectivity index (χ2n) is 10.5. The maximum absolute atomic E-state index is 14.0. The maximum atomic E-state index is 14.0. The molecule has 2 heterocycles. The van der Waals surface area contributed by atoms with Crippen molar-refractivity contribution in [2.24, 2.45) is 9.98 Å². The van der Waals surface area contributed by atoms with E-state index in [2.05, 4.69) is 24.8 Å². The number of ether oxygens (including phenoxy) is 1. The summed E-state index contributed by atoms with van der Waals surface area (Å²) in [4.78, 5) is 25.8. The Labute approximate surface area is 260 Å². The largest absolute Gasteiger partial charge is 0.573 e. The molecule has 0 bridgehead atoms. The first kappa shape index (κ1) is 31.5. The number of thiazole rings is 1. The lowest BCUT2D eigenvalue weighted by molar-refractivity contribution is -0.274. The number of aryl methyl sites for hydroxylation is 1. The molecule has 0 aliphatic heterocycles. The minimum Gasteiger partial charge on any atom is -0.406 e. The van der Waals surface area contributed by atoms with Crippen LogP contribution < -0.4 is 9.54 Å². The van der Waals surface area contributed by atoms with Gasteiger partial charge in [0.1, 0.15) is 17.9 Å². The monoisotopic (exact) mass is 636 g/mol. The van der Waals surface area contributed by atoms with E-state index in [9.17, 15) is 22.4 Å². The van der Waals surface area contributed by atoms with Gasteiger partial charge in [-0.15, -0.1) is 29.6 Å². The second kappa shape index (κ2) is 13.0. The lowest BCUT2D eigenvalue weighted by Gasteiger charge is -2.15. The van der Waals surface area contributed by atoms with Gasteiger partial charge in [-0.05, 0) is 66.4 Å². The van der Waals surface area contributed by atoms with Gasteiger partial charge < -0.3 is 4.74 Å². The minimum atomic E-state index is -4.76. The van der Waals surface area contributed by atoms with Crippen LogP contribution in [0.2, 0.25) is 0 Å². The molecule has 1 atom stereocenters. The molecular weight excluding hydrogens is 608 g/mol. The number of benzene rings is 3. The zero-order chi connectivity index (χ0) is 32.3. The van der Waals surface area contributed by atoms with E-state index in [0.29, 0.717) is 16.3 Å². The van der Waals surface area contributed by atoms with Crippen LogP contribution >= 0.6 is 11.3 Å². The van der Waals surface area contributed by atoms with E-state index in [1.165, 1.54) is 65.0 Å². The molecule has 0 aliphatic rings. The van der Waals surface area contributed by atoms with Crippen LogP contribution in [0.25, 0.3) is 22.8 Å². The molecule has 45 heavy (non-hydrogen) atoms. The van der Waals surface area contributed by atoms with Gasteiger partial charge in [0, 0.05) is 28.8 Å². The van der Waals surface area contributed by atoms with Crippen molar-refractivity contribution in [2.75, 3.05) is 0 Å². The molecule has 0 radical (unpaired) electrons. The third-order valence-corrected chi connectivity index (χ3v) is 7.80. The average Bonchev–Trinajstić information content (AvgIpc) is 3.63.